The number of aromatic nitrogens is 3. The Morgan fingerprint density at radius 1 is 1.82 bits per heavy atom. The summed E-state index contributed by atoms with van der Waals surface area (Å²) in [6.45, 7) is 0. The SMILES string of the molecule is Cn1ncnc1CCC(=O)O. The summed E-state index contributed by atoms with van der Waals surface area (Å²) in [5.74, 6) is -0.111. The van der Waals surface area contributed by atoms with Crippen molar-refractivity contribution in [3.05, 3.63) is 12.2 Å². The molecule has 0 saturated carbocycles. The summed E-state index contributed by atoms with van der Waals surface area (Å²) in [6, 6.07) is 0. The van der Waals surface area contributed by atoms with Crippen LogP contribution in [0.2, 0.25) is 0 Å². The average Bonchev–Trinajstić information content (AvgIpc) is 2.31. The highest BCUT2D eigenvalue weighted by Crippen LogP contribution is 1.95. The Hall–Kier alpha value is -1.39. The highest BCUT2D eigenvalue weighted by molar-refractivity contribution is 5.66. The molecule has 0 radical (unpaired) electrons. The maximum atomic E-state index is 10.1. The van der Waals surface area contributed by atoms with Gasteiger partial charge in [-0.2, -0.15) is 5.10 Å². The summed E-state index contributed by atoms with van der Waals surface area (Å²) in [7, 11) is 1.74. The van der Waals surface area contributed by atoms with Crippen LogP contribution < -0.4 is 0 Å². The van der Waals surface area contributed by atoms with Gasteiger partial charge in [0.25, 0.3) is 0 Å². The molecule has 5 nitrogen and oxygen atoms in total. The van der Waals surface area contributed by atoms with E-state index in [1.807, 2.05) is 0 Å². The molecule has 0 bridgehead atoms. The highest BCUT2D eigenvalue weighted by Gasteiger charge is 2.02. The number of hydrogen-bond donors (Lipinski definition) is 1. The summed E-state index contributed by atoms with van der Waals surface area (Å²) in [4.78, 5) is 14.0. The topological polar surface area (TPSA) is 68.0 Å². The number of hydrogen-bond acceptors (Lipinski definition) is 3. The van der Waals surface area contributed by atoms with Gasteiger partial charge in [-0.3, -0.25) is 9.48 Å². The quantitative estimate of drug-likeness (QED) is 0.658. The second kappa shape index (κ2) is 3.14. The first-order chi connectivity index (χ1) is 5.20. The Morgan fingerprint density at radius 2 is 2.55 bits per heavy atom. The van der Waals surface area contributed by atoms with E-state index in [0.717, 1.165) is 0 Å². The minimum atomic E-state index is -0.812. The van der Waals surface area contributed by atoms with Gasteiger partial charge in [0.2, 0.25) is 0 Å². The molecular weight excluding hydrogens is 146 g/mol. The van der Waals surface area contributed by atoms with Gasteiger partial charge in [-0.15, -0.1) is 0 Å². The van der Waals surface area contributed by atoms with Crippen molar-refractivity contribution >= 4 is 5.97 Å². The molecule has 0 aromatic carbocycles. The van der Waals surface area contributed by atoms with Crippen LogP contribution in [-0.4, -0.2) is 25.8 Å². The minimum absolute atomic E-state index is 0.104. The number of carboxylic acid groups (broad SMARTS) is 1. The van der Waals surface area contributed by atoms with Crippen LogP contribution in [0.4, 0.5) is 0 Å². The molecule has 1 N–H and O–H groups in total. The monoisotopic (exact) mass is 155 g/mol. The Kier molecular flexibility index (Phi) is 2.20. The lowest BCUT2D eigenvalue weighted by molar-refractivity contribution is -0.137. The fraction of sp³-hybridized carbons (Fsp3) is 0.500. The molecule has 1 heterocycles. The smallest absolute Gasteiger partial charge is 0.303 e. The van der Waals surface area contributed by atoms with E-state index in [0.29, 0.717) is 12.2 Å². The Bertz CT molecular complexity index is 256. The lowest BCUT2D eigenvalue weighted by Gasteiger charge is -1.95. The summed E-state index contributed by atoms with van der Waals surface area (Å²) < 4.78 is 1.57. The van der Waals surface area contributed by atoms with Crippen molar-refractivity contribution in [2.75, 3.05) is 0 Å². The van der Waals surface area contributed by atoms with E-state index in [9.17, 15) is 4.79 Å². The molecule has 0 aliphatic carbocycles. The van der Waals surface area contributed by atoms with Gasteiger partial charge in [-0.25, -0.2) is 4.98 Å². The first-order valence-corrected chi connectivity index (χ1v) is 3.25. The van der Waals surface area contributed by atoms with Gasteiger partial charge in [0.05, 0.1) is 6.42 Å². The number of nitrogens with zero attached hydrogens (tertiary/aromatic N) is 3. The molecule has 1 rings (SSSR count). The lowest BCUT2D eigenvalue weighted by atomic mass is 10.3. The average molecular weight is 155 g/mol. The molecule has 0 saturated heterocycles. The van der Waals surface area contributed by atoms with Gasteiger partial charge in [0, 0.05) is 13.5 Å². The molecule has 0 fully saturated rings. The van der Waals surface area contributed by atoms with Crippen molar-refractivity contribution in [2.24, 2.45) is 7.05 Å². The molecule has 11 heavy (non-hydrogen) atoms. The molecule has 0 aliphatic heterocycles. The Labute approximate surface area is 63.7 Å². The van der Waals surface area contributed by atoms with E-state index in [1.54, 1.807) is 11.7 Å². The second-order valence-corrected chi connectivity index (χ2v) is 2.19. The van der Waals surface area contributed by atoms with E-state index in [1.165, 1.54) is 6.33 Å². The molecule has 60 valence electrons. The van der Waals surface area contributed by atoms with E-state index in [2.05, 4.69) is 10.1 Å². The highest BCUT2D eigenvalue weighted by atomic mass is 16.4. The van der Waals surface area contributed by atoms with E-state index < -0.39 is 5.97 Å². The third kappa shape index (κ3) is 2.03. The fourth-order valence-corrected chi connectivity index (χ4v) is 0.765. The van der Waals surface area contributed by atoms with Crippen LogP contribution in [0.1, 0.15) is 12.2 Å². The molecular formula is C6H9N3O2. The molecule has 0 unspecified atom stereocenters. The van der Waals surface area contributed by atoms with Crippen molar-refractivity contribution in [1.29, 1.82) is 0 Å². The Morgan fingerprint density at radius 3 is 3.00 bits per heavy atom. The molecule has 1 aromatic heterocycles. The van der Waals surface area contributed by atoms with Crippen LogP contribution in [0, 0.1) is 0 Å². The predicted molar refractivity (Wildman–Crippen MR) is 37.0 cm³/mol. The van der Waals surface area contributed by atoms with E-state index in [4.69, 9.17) is 5.11 Å². The first-order valence-electron chi connectivity index (χ1n) is 3.25. The zero-order valence-corrected chi connectivity index (χ0v) is 6.19. The molecule has 5 heteroatoms. The number of rotatable bonds is 3. The van der Waals surface area contributed by atoms with Crippen LogP contribution in [0.15, 0.2) is 6.33 Å². The summed E-state index contributed by atoms with van der Waals surface area (Å²) >= 11 is 0. The van der Waals surface area contributed by atoms with Gasteiger partial charge in [-0.1, -0.05) is 0 Å². The summed E-state index contributed by atoms with van der Waals surface area (Å²) in [5, 5.41) is 12.2. The summed E-state index contributed by atoms with van der Waals surface area (Å²) in [5.41, 5.74) is 0. The molecule has 1 aromatic rings. The standard InChI is InChI=1S/C6H9N3O2/c1-9-5(7-4-8-9)2-3-6(10)11/h4H,2-3H2,1H3,(H,10,11). The van der Waals surface area contributed by atoms with Crippen LogP contribution in [0.3, 0.4) is 0 Å². The maximum Gasteiger partial charge on any atom is 0.303 e. The van der Waals surface area contributed by atoms with Crippen molar-refractivity contribution in [3.63, 3.8) is 0 Å². The van der Waals surface area contributed by atoms with Gasteiger partial charge in [0.1, 0.15) is 12.2 Å². The van der Waals surface area contributed by atoms with Crippen LogP contribution in [-0.2, 0) is 18.3 Å². The predicted octanol–water partition coefficient (Wildman–Crippen LogP) is -0.168. The number of aryl methyl sites for hydroxylation is 2. The van der Waals surface area contributed by atoms with Crippen molar-refractivity contribution < 1.29 is 9.90 Å². The van der Waals surface area contributed by atoms with Crippen LogP contribution in [0.5, 0.6) is 0 Å². The largest absolute Gasteiger partial charge is 0.481 e. The number of aliphatic carboxylic acids is 1. The van der Waals surface area contributed by atoms with E-state index in [-0.39, 0.29) is 6.42 Å². The van der Waals surface area contributed by atoms with Gasteiger partial charge in [0.15, 0.2) is 0 Å². The molecule has 0 atom stereocenters. The normalized spacial score (nSPS) is 9.91. The zero-order chi connectivity index (χ0) is 8.27. The first kappa shape index (κ1) is 7.71. The van der Waals surface area contributed by atoms with Crippen molar-refractivity contribution in [2.45, 2.75) is 12.8 Å². The van der Waals surface area contributed by atoms with Gasteiger partial charge >= 0.3 is 5.97 Å². The van der Waals surface area contributed by atoms with Crippen molar-refractivity contribution in [3.8, 4) is 0 Å². The number of carboxylic acids is 1. The molecule has 0 spiro atoms. The zero-order valence-electron chi connectivity index (χ0n) is 6.19. The minimum Gasteiger partial charge on any atom is -0.481 e. The molecule has 0 amide bonds. The Balaban J connectivity index is 2.51. The van der Waals surface area contributed by atoms with Crippen LogP contribution >= 0.6 is 0 Å². The van der Waals surface area contributed by atoms with Gasteiger partial charge in [-0.05, 0) is 0 Å². The molecule has 0 aliphatic rings. The summed E-state index contributed by atoms with van der Waals surface area (Å²) in [6.07, 6.45) is 1.95. The van der Waals surface area contributed by atoms with Crippen LogP contribution in [0.25, 0.3) is 0 Å². The third-order valence-corrected chi connectivity index (χ3v) is 1.37. The maximum absolute atomic E-state index is 10.1. The second-order valence-electron chi connectivity index (χ2n) is 2.19. The van der Waals surface area contributed by atoms with Crippen molar-refractivity contribution in [1.82, 2.24) is 14.8 Å². The number of carbonyl (C=O) groups is 1. The van der Waals surface area contributed by atoms with E-state index >= 15 is 0 Å². The fourth-order valence-electron chi connectivity index (χ4n) is 0.765. The van der Waals surface area contributed by atoms with Gasteiger partial charge < -0.3 is 5.11 Å². The lowest BCUT2D eigenvalue weighted by Crippen LogP contribution is -2.03. The third-order valence-electron chi connectivity index (χ3n) is 1.37.